The number of hydrogen-bond acceptors (Lipinski definition) is 2. The highest BCUT2D eigenvalue weighted by Gasteiger charge is 2.15. The molecule has 0 radical (unpaired) electrons. The van der Waals surface area contributed by atoms with Crippen molar-refractivity contribution >= 4 is 11.6 Å². The molecule has 1 atom stereocenters. The molecule has 0 aliphatic carbocycles. The maximum Gasteiger partial charge on any atom is 0.0760 e. The van der Waals surface area contributed by atoms with Crippen LogP contribution in [0, 0.1) is 0 Å². The molecule has 0 bridgehead atoms. The maximum absolute atomic E-state index is 6.05. The first kappa shape index (κ1) is 10.5. The van der Waals surface area contributed by atoms with E-state index < -0.39 is 0 Å². The molecule has 0 spiro atoms. The highest BCUT2D eigenvalue weighted by atomic mass is 35.5. The van der Waals surface area contributed by atoms with Crippen molar-refractivity contribution in [2.75, 3.05) is 14.1 Å². The molecule has 3 heteroatoms. The Morgan fingerprint density at radius 3 is 2.69 bits per heavy atom. The number of nitrogens with zero attached hydrogens (tertiary/aromatic N) is 2. The Morgan fingerprint density at radius 1 is 1.54 bits per heavy atom. The third-order valence-electron chi connectivity index (χ3n) is 2.11. The molecular formula is C10H15ClN2. The minimum absolute atomic E-state index is 0.314. The van der Waals surface area contributed by atoms with Crippen LogP contribution in [-0.4, -0.2) is 24.0 Å². The lowest BCUT2D eigenvalue weighted by Crippen LogP contribution is -2.20. The van der Waals surface area contributed by atoms with E-state index in [2.05, 4.69) is 16.8 Å². The summed E-state index contributed by atoms with van der Waals surface area (Å²) in [5.41, 5.74) is 0.969. The van der Waals surface area contributed by atoms with Crippen LogP contribution < -0.4 is 0 Å². The average molecular weight is 199 g/mol. The van der Waals surface area contributed by atoms with Crippen LogP contribution in [0.5, 0.6) is 0 Å². The van der Waals surface area contributed by atoms with Crippen LogP contribution in [0.25, 0.3) is 0 Å². The zero-order valence-electron chi connectivity index (χ0n) is 8.29. The van der Waals surface area contributed by atoms with Gasteiger partial charge in [-0.15, -0.1) is 0 Å². The van der Waals surface area contributed by atoms with Crippen LogP contribution >= 0.6 is 11.6 Å². The number of pyridine rings is 1. The van der Waals surface area contributed by atoms with Gasteiger partial charge in [0.15, 0.2) is 0 Å². The van der Waals surface area contributed by atoms with Gasteiger partial charge in [0.2, 0.25) is 0 Å². The van der Waals surface area contributed by atoms with E-state index in [1.165, 1.54) is 0 Å². The zero-order chi connectivity index (χ0) is 9.84. The van der Waals surface area contributed by atoms with Crippen LogP contribution in [0.15, 0.2) is 18.3 Å². The summed E-state index contributed by atoms with van der Waals surface area (Å²) in [4.78, 5) is 6.43. The van der Waals surface area contributed by atoms with E-state index in [0.29, 0.717) is 6.04 Å². The Labute approximate surface area is 84.5 Å². The quantitative estimate of drug-likeness (QED) is 0.743. The van der Waals surface area contributed by atoms with E-state index in [9.17, 15) is 0 Å². The third-order valence-corrected chi connectivity index (χ3v) is 2.43. The van der Waals surface area contributed by atoms with E-state index in [-0.39, 0.29) is 0 Å². The summed E-state index contributed by atoms with van der Waals surface area (Å²) in [5.74, 6) is 0. The standard InChI is InChI=1S/C10H15ClN2/c1-4-9(13(2)3)10-8(11)6-5-7-12-10/h5-7,9H,4H2,1-3H3. The fourth-order valence-electron chi connectivity index (χ4n) is 1.45. The van der Waals surface area contributed by atoms with Gasteiger partial charge in [0.25, 0.3) is 0 Å². The molecule has 0 fully saturated rings. The van der Waals surface area contributed by atoms with E-state index >= 15 is 0 Å². The first-order valence-corrected chi connectivity index (χ1v) is 4.81. The van der Waals surface area contributed by atoms with Crippen molar-refractivity contribution in [2.24, 2.45) is 0 Å². The SMILES string of the molecule is CCC(c1ncccc1Cl)N(C)C. The average Bonchev–Trinajstić information content (AvgIpc) is 2.09. The summed E-state index contributed by atoms with van der Waals surface area (Å²) in [6.07, 6.45) is 2.80. The lowest BCUT2D eigenvalue weighted by Gasteiger charge is -2.22. The largest absolute Gasteiger partial charge is 0.301 e. The Kier molecular flexibility index (Phi) is 3.70. The zero-order valence-corrected chi connectivity index (χ0v) is 9.04. The molecule has 72 valence electrons. The molecule has 1 aromatic rings. The highest BCUT2D eigenvalue weighted by molar-refractivity contribution is 6.31. The van der Waals surface area contributed by atoms with Gasteiger partial charge in [-0.25, -0.2) is 0 Å². The lowest BCUT2D eigenvalue weighted by molar-refractivity contribution is 0.286. The van der Waals surface area contributed by atoms with E-state index in [4.69, 9.17) is 11.6 Å². The van der Waals surface area contributed by atoms with Gasteiger partial charge >= 0.3 is 0 Å². The normalized spacial score (nSPS) is 13.3. The molecule has 0 aliphatic heterocycles. The van der Waals surface area contributed by atoms with Gasteiger partial charge in [-0.05, 0) is 32.6 Å². The Morgan fingerprint density at radius 2 is 2.23 bits per heavy atom. The number of rotatable bonds is 3. The molecule has 0 saturated heterocycles. The summed E-state index contributed by atoms with van der Waals surface area (Å²) in [7, 11) is 4.08. The van der Waals surface area contributed by atoms with Crippen LogP contribution in [0.2, 0.25) is 5.02 Å². The molecular weight excluding hydrogens is 184 g/mol. The van der Waals surface area contributed by atoms with Crippen LogP contribution in [0.3, 0.4) is 0 Å². The number of aromatic nitrogens is 1. The molecule has 0 amide bonds. The van der Waals surface area contributed by atoms with Crippen molar-refractivity contribution in [3.05, 3.63) is 29.0 Å². The summed E-state index contributed by atoms with van der Waals surface area (Å²) >= 11 is 6.05. The first-order valence-electron chi connectivity index (χ1n) is 4.43. The molecule has 1 aromatic heterocycles. The van der Waals surface area contributed by atoms with Crippen LogP contribution in [0.4, 0.5) is 0 Å². The monoisotopic (exact) mass is 198 g/mol. The van der Waals surface area contributed by atoms with Crippen LogP contribution in [0.1, 0.15) is 25.1 Å². The lowest BCUT2D eigenvalue weighted by atomic mass is 10.1. The van der Waals surface area contributed by atoms with Crippen molar-refractivity contribution in [1.82, 2.24) is 9.88 Å². The van der Waals surface area contributed by atoms with Crippen LogP contribution in [-0.2, 0) is 0 Å². The maximum atomic E-state index is 6.05. The van der Waals surface area contributed by atoms with E-state index in [1.54, 1.807) is 6.20 Å². The Bertz CT molecular complexity index is 273. The predicted octanol–water partition coefficient (Wildman–Crippen LogP) is 2.75. The van der Waals surface area contributed by atoms with Crippen molar-refractivity contribution in [2.45, 2.75) is 19.4 Å². The molecule has 13 heavy (non-hydrogen) atoms. The molecule has 0 saturated carbocycles. The van der Waals surface area contributed by atoms with Gasteiger partial charge in [-0.3, -0.25) is 4.98 Å². The van der Waals surface area contributed by atoms with E-state index in [0.717, 1.165) is 17.1 Å². The minimum atomic E-state index is 0.314. The van der Waals surface area contributed by atoms with E-state index in [1.807, 2.05) is 26.2 Å². The van der Waals surface area contributed by atoms with Crippen molar-refractivity contribution in [3.63, 3.8) is 0 Å². The molecule has 0 aromatic carbocycles. The molecule has 1 rings (SSSR count). The summed E-state index contributed by atoms with van der Waals surface area (Å²) in [6.45, 7) is 2.13. The van der Waals surface area contributed by atoms with Gasteiger partial charge in [-0.1, -0.05) is 18.5 Å². The summed E-state index contributed by atoms with van der Waals surface area (Å²) in [6, 6.07) is 4.05. The number of halogens is 1. The minimum Gasteiger partial charge on any atom is -0.301 e. The first-order chi connectivity index (χ1) is 6.16. The Hall–Kier alpha value is -0.600. The molecule has 1 heterocycles. The van der Waals surface area contributed by atoms with Gasteiger partial charge < -0.3 is 4.90 Å². The highest BCUT2D eigenvalue weighted by Crippen LogP contribution is 2.25. The third kappa shape index (κ3) is 2.42. The van der Waals surface area contributed by atoms with Gasteiger partial charge in [0.1, 0.15) is 0 Å². The summed E-state index contributed by atoms with van der Waals surface area (Å²) in [5, 5.41) is 0.753. The Balaban J connectivity index is 2.97. The fraction of sp³-hybridized carbons (Fsp3) is 0.500. The van der Waals surface area contributed by atoms with Crippen molar-refractivity contribution < 1.29 is 0 Å². The predicted molar refractivity (Wildman–Crippen MR) is 56.0 cm³/mol. The van der Waals surface area contributed by atoms with Crippen molar-refractivity contribution in [1.29, 1.82) is 0 Å². The molecule has 2 nitrogen and oxygen atoms in total. The second-order valence-corrected chi connectivity index (χ2v) is 3.67. The molecule has 0 N–H and O–H groups in total. The van der Waals surface area contributed by atoms with Gasteiger partial charge in [-0.2, -0.15) is 0 Å². The fourth-order valence-corrected chi connectivity index (χ4v) is 1.69. The smallest absolute Gasteiger partial charge is 0.0760 e. The van der Waals surface area contributed by atoms with Gasteiger partial charge in [0.05, 0.1) is 16.8 Å². The number of hydrogen-bond donors (Lipinski definition) is 0. The second-order valence-electron chi connectivity index (χ2n) is 3.26. The second kappa shape index (κ2) is 4.58. The van der Waals surface area contributed by atoms with Gasteiger partial charge in [0, 0.05) is 6.20 Å². The van der Waals surface area contributed by atoms with Crippen molar-refractivity contribution in [3.8, 4) is 0 Å². The summed E-state index contributed by atoms with van der Waals surface area (Å²) < 4.78 is 0. The topological polar surface area (TPSA) is 16.1 Å². The molecule has 1 unspecified atom stereocenters. The molecule has 0 aliphatic rings.